The van der Waals surface area contributed by atoms with Crippen molar-refractivity contribution < 1.29 is 9.59 Å². The average molecular weight is 397 g/mol. The second-order valence-electron chi connectivity index (χ2n) is 6.54. The summed E-state index contributed by atoms with van der Waals surface area (Å²) in [4.78, 5) is 27.0. The molecule has 0 saturated carbocycles. The van der Waals surface area contributed by atoms with E-state index in [-0.39, 0.29) is 22.4 Å². The van der Waals surface area contributed by atoms with Crippen LogP contribution in [0.2, 0.25) is 10.0 Å². The predicted molar refractivity (Wildman–Crippen MR) is 102 cm³/mol. The third-order valence-electron chi connectivity index (χ3n) is 3.95. The summed E-state index contributed by atoms with van der Waals surface area (Å²) in [7, 11) is 3.52. The van der Waals surface area contributed by atoms with Crippen LogP contribution in [0.5, 0.6) is 0 Å². The number of carbonyl (C=O) groups excluding carboxylic acids is 2. The first-order valence-corrected chi connectivity index (χ1v) is 8.93. The average Bonchev–Trinajstić information content (AvgIpc) is 2.96. The smallest absolute Gasteiger partial charge is 0.253 e. The van der Waals surface area contributed by atoms with Crippen LogP contribution in [0.25, 0.3) is 0 Å². The summed E-state index contributed by atoms with van der Waals surface area (Å²) in [6.45, 7) is 4.17. The maximum absolute atomic E-state index is 12.8. The van der Waals surface area contributed by atoms with Gasteiger partial charge in [-0.05, 0) is 24.1 Å². The van der Waals surface area contributed by atoms with Gasteiger partial charge in [-0.15, -0.1) is 0 Å². The number of likely N-dealkylation sites (N-methyl/N-ethyl adjacent to an activating group) is 1. The molecule has 0 fully saturated rings. The molecule has 1 heterocycles. The molecule has 2 rings (SSSR count). The second kappa shape index (κ2) is 8.56. The van der Waals surface area contributed by atoms with Gasteiger partial charge in [0.2, 0.25) is 5.91 Å². The van der Waals surface area contributed by atoms with E-state index in [9.17, 15) is 9.59 Å². The lowest BCUT2D eigenvalue weighted by Crippen LogP contribution is -2.50. The summed E-state index contributed by atoms with van der Waals surface area (Å²) in [6, 6.07) is 3.96. The highest BCUT2D eigenvalue weighted by molar-refractivity contribution is 6.36. The quantitative estimate of drug-likeness (QED) is 0.815. The largest absolute Gasteiger partial charge is 0.340 e. The molecule has 0 aliphatic rings. The van der Waals surface area contributed by atoms with Gasteiger partial charge >= 0.3 is 0 Å². The molecule has 6 nitrogen and oxygen atoms in total. The maximum atomic E-state index is 12.8. The van der Waals surface area contributed by atoms with Crippen molar-refractivity contribution in [1.82, 2.24) is 20.0 Å². The van der Waals surface area contributed by atoms with Gasteiger partial charge in [0.25, 0.3) is 5.91 Å². The van der Waals surface area contributed by atoms with Crippen molar-refractivity contribution in [3.8, 4) is 0 Å². The number of halogens is 2. The number of amides is 2. The van der Waals surface area contributed by atoms with Gasteiger partial charge in [-0.25, -0.2) is 0 Å². The highest BCUT2D eigenvalue weighted by atomic mass is 35.5. The van der Waals surface area contributed by atoms with E-state index < -0.39 is 11.9 Å². The first-order chi connectivity index (χ1) is 12.2. The lowest BCUT2D eigenvalue weighted by Gasteiger charge is -2.27. The minimum absolute atomic E-state index is 0.0890. The third-order valence-corrected chi connectivity index (χ3v) is 4.50. The lowest BCUT2D eigenvalue weighted by atomic mass is 10.0. The van der Waals surface area contributed by atoms with Gasteiger partial charge in [0.15, 0.2) is 0 Å². The number of aromatic nitrogens is 2. The van der Waals surface area contributed by atoms with Crippen LogP contribution in [-0.2, 0) is 18.4 Å². The Kier molecular flexibility index (Phi) is 6.67. The molecule has 1 aromatic carbocycles. The SMILES string of the molecule is CC(C)C(NC(=O)c1ccc(Cl)cc1Cl)C(=O)N(C)Cc1cnn(C)c1. The van der Waals surface area contributed by atoms with E-state index >= 15 is 0 Å². The molecule has 0 spiro atoms. The summed E-state index contributed by atoms with van der Waals surface area (Å²) < 4.78 is 1.68. The van der Waals surface area contributed by atoms with Crippen molar-refractivity contribution >= 4 is 35.0 Å². The number of rotatable bonds is 6. The summed E-state index contributed by atoms with van der Waals surface area (Å²) in [5, 5.41) is 7.57. The molecule has 2 aromatic rings. The molecule has 140 valence electrons. The van der Waals surface area contributed by atoms with E-state index in [0.717, 1.165) is 5.56 Å². The standard InChI is InChI=1S/C18H22Cl2N4O2/c1-11(2)16(18(26)23(3)9-12-8-21-24(4)10-12)22-17(25)14-6-5-13(19)7-15(14)20/h5-8,10-11,16H,9H2,1-4H3,(H,22,25). The Hall–Kier alpha value is -2.05. The van der Waals surface area contributed by atoms with Crippen LogP contribution in [0, 0.1) is 5.92 Å². The molecule has 0 bridgehead atoms. The predicted octanol–water partition coefficient (Wildman–Crippen LogP) is 3.14. The van der Waals surface area contributed by atoms with Crippen LogP contribution < -0.4 is 5.32 Å². The molecule has 1 unspecified atom stereocenters. The van der Waals surface area contributed by atoms with E-state index in [0.29, 0.717) is 11.6 Å². The highest BCUT2D eigenvalue weighted by Crippen LogP contribution is 2.21. The van der Waals surface area contributed by atoms with Crippen molar-refractivity contribution in [1.29, 1.82) is 0 Å². The molecule has 1 N–H and O–H groups in total. The molecule has 26 heavy (non-hydrogen) atoms. The van der Waals surface area contributed by atoms with E-state index in [2.05, 4.69) is 10.4 Å². The van der Waals surface area contributed by atoms with Crippen LogP contribution >= 0.6 is 23.2 Å². The van der Waals surface area contributed by atoms with Crippen molar-refractivity contribution in [2.75, 3.05) is 7.05 Å². The number of nitrogens with zero attached hydrogens (tertiary/aromatic N) is 3. The monoisotopic (exact) mass is 396 g/mol. The fourth-order valence-corrected chi connectivity index (χ4v) is 3.04. The molecule has 0 saturated heterocycles. The topological polar surface area (TPSA) is 67.2 Å². The minimum Gasteiger partial charge on any atom is -0.340 e. The van der Waals surface area contributed by atoms with Gasteiger partial charge in [-0.3, -0.25) is 14.3 Å². The van der Waals surface area contributed by atoms with Crippen molar-refractivity contribution in [3.63, 3.8) is 0 Å². The molecule has 2 amide bonds. The van der Waals surface area contributed by atoms with E-state index in [4.69, 9.17) is 23.2 Å². The van der Waals surface area contributed by atoms with Crippen LogP contribution in [0.4, 0.5) is 0 Å². The molecule has 0 aliphatic heterocycles. The van der Waals surface area contributed by atoms with E-state index in [1.807, 2.05) is 27.1 Å². The van der Waals surface area contributed by atoms with E-state index in [1.165, 1.54) is 6.07 Å². The first kappa shape index (κ1) is 20.3. The van der Waals surface area contributed by atoms with Crippen LogP contribution in [0.1, 0.15) is 29.8 Å². The summed E-state index contributed by atoms with van der Waals surface area (Å²) in [5.74, 6) is -0.676. The normalized spacial score (nSPS) is 12.1. The maximum Gasteiger partial charge on any atom is 0.253 e. The highest BCUT2D eigenvalue weighted by Gasteiger charge is 2.28. The van der Waals surface area contributed by atoms with Gasteiger partial charge in [0.1, 0.15) is 6.04 Å². The van der Waals surface area contributed by atoms with Gasteiger partial charge in [0, 0.05) is 37.4 Å². The zero-order chi connectivity index (χ0) is 19.4. The second-order valence-corrected chi connectivity index (χ2v) is 7.38. The van der Waals surface area contributed by atoms with Crippen LogP contribution in [0.15, 0.2) is 30.6 Å². The van der Waals surface area contributed by atoms with Crippen LogP contribution in [-0.4, -0.2) is 39.6 Å². The molecule has 1 atom stereocenters. The van der Waals surface area contributed by atoms with Gasteiger partial charge in [-0.2, -0.15) is 5.10 Å². The molecular formula is C18H22Cl2N4O2. The Morgan fingerprint density at radius 3 is 2.54 bits per heavy atom. The van der Waals surface area contributed by atoms with Crippen LogP contribution in [0.3, 0.4) is 0 Å². The zero-order valence-corrected chi connectivity index (χ0v) is 16.7. The summed E-state index contributed by atoms with van der Waals surface area (Å²) in [5.41, 5.74) is 1.20. The number of nitrogens with one attached hydrogen (secondary N) is 1. The Morgan fingerprint density at radius 2 is 2.00 bits per heavy atom. The Morgan fingerprint density at radius 1 is 1.31 bits per heavy atom. The number of hydrogen-bond donors (Lipinski definition) is 1. The Balaban J connectivity index is 2.11. The summed E-state index contributed by atoms with van der Waals surface area (Å²) >= 11 is 12.0. The third kappa shape index (κ3) is 4.99. The molecular weight excluding hydrogens is 375 g/mol. The molecule has 0 radical (unpaired) electrons. The summed E-state index contributed by atoms with van der Waals surface area (Å²) in [6.07, 6.45) is 3.56. The Bertz CT molecular complexity index is 804. The fraction of sp³-hybridized carbons (Fsp3) is 0.389. The van der Waals surface area contributed by atoms with Crippen molar-refractivity contribution in [2.45, 2.75) is 26.4 Å². The number of benzene rings is 1. The van der Waals surface area contributed by atoms with Gasteiger partial charge < -0.3 is 10.2 Å². The van der Waals surface area contributed by atoms with Crippen molar-refractivity contribution in [3.05, 3.63) is 51.8 Å². The molecule has 0 aliphatic carbocycles. The van der Waals surface area contributed by atoms with Gasteiger partial charge in [-0.1, -0.05) is 37.0 Å². The number of aryl methyl sites for hydroxylation is 1. The fourth-order valence-electron chi connectivity index (χ4n) is 2.55. The van der Waals surface area contributed by atoms with Gasteiger partial charge in [0.05, 0.1) is 16.8 Å². The first-order valence-electron chi connectivity index (χ1n) is 8.17. The number of carbonyl (C=O) groups is 2. The zero-order valence-electron chi connectivity index (χ0n) is 15.2. The molecule has 8 heteroatoms. The number of hydrogen-bond acceptors (Lipinski definition) is 3. The van der Waals surface area contributed by atoms with Crippen molar-refractivity contribution in [2.24, 2.45) is 13.0 Å². The Labute approximate surface area is 163 Å². The molecule has 1 aromatic heterocycles. The minimum atomic E-state index is -0.670. The van der Waals surface area contributed by atoms with E-state index in [1.54, 1.807) is 35.0 Å². The lowest BCUT2D eigenvalue weighted by molar-refractivity contribution is -0.133.